The summed E-state index contributed by atoms with van der Waals surface area (Å²) in [5.74, 6) is -0.398. The standard InChI is InChI=1S/C29H35N3O6S2/c1-29(2,3)38-28(35)31-26(14-19-8-11-23(33)12-9-19)27(34)30-17-22-16-24(39)18-32(22)40(36,37)25-13-10-20-6-4-5-7-21(20)15-25/h4-13,15,22,24,26,33,39H,14,16-18H2,1-3H3,(H,30,34)(H,31,35)/t22-,24+,26-/m0/s1. The SMILES string of the molecule is CC(C)(C)OC(=O)N[C@@H](Cc1ccc(O)cc1)C(=O)NC[C@@H]1C[C@@H](S)CN1S(=O)(=O)c1ccc2ccccc2c1. The van der Waals surface area contributed by atoms with Crippen molar-refractivity contribution in [3.63, 3.8) is 0 Å². The number of amides is 2. The summed E-state index contributed by atoms with van der Waals surface area (Å²) in [6, 6.07) is 17.4. The number of fused-ring (bicyclic) bond motifs is 1. The molecule has 11 heteroatoms. The molecule has 1 aliphatic rings. The molecule has 0 aliphatic carbocycles. The minimum atomic E-state index is -3.85. The zero-order valence-electron chi connectivity index (χ0n) is 22.7. The Labute approximate surface area is 240 Å². The first kappa shape index (κ1) is 29.7. The van der Waals surface area contributed by atoms with Gasteiger partial charge < -0.3 is 20.5 Å². The molecule has 4 rings (SSSR count). The Morgan fingerprint density at radius 1 is 1.07 bits per heavy atom. The van der Waals surface area contributed by atoms with Crippen LogP contribution in [0.2, 0.25) is 0 Å². The predicted molar refractivity (Wildman–Crippen MR) is 157 cm³/mol. The van der Waals surface area contributed by atoms with E-state index in [0.29, 0.717) is 12.0 Å². The van der Waals surface area contributed by atoms with Crippen LogP contribution in [0.1, 0.15) is 32.8 Å². The number of benzene rings is 3. The first-order valence-corrected chi connectivity index (χ1v) is 15.0. The molecule has 0 saturated carbocycles. The minimum Gasteiger partial charge on any atom is -0.508 e. The lowest BCUT2D eigenvalue weighted by Gasteiger charge is -2.26. The topological polar surface area (TPSA) is 125 Å². The molecule has 40 heavy (non-hydrogen) atoms. The van der Waals surface area contributed by atoms with Gasteiger partial charge in [-0.25, -0.2) is 13.2 Å². The van der Waals surface area contributed by atoms with Gasteiger partial charge in [-0.2, -0.15) is 16.9 Å². The highest BCUT2D eigenvalue weighted by Crippen LogP contribution is 2.30. The second kappa shape index (κ2) is 12.1. The number of aromatic hydroxyl groups is 1. The third-order valence-corrected chi connectivity index (χ3v) is 8.85. The van der Waals surface area contributed by atoms with Gasteiger partial charge in [0, 0.05) is 30.8 Å². The van der Waals surface area contributed by atoms with Crippen molar-refractivity contribution in [2.75, 3.05) is 13.1 Å². The Morgan fingerprint density at radius 3 is 2.42 bits per heavy atom. The van der Waals surface area contributed by atoms with E-state index in [1.807, 2.05) is 24.3 Å². The lowest BCUT2D eigenvalue weighted by molar-refractivity contribution is -0.123. The van der Waals surface area contributed by atoms with Gasteiger partial charge in [-0.15, -0.1) is 0 Å². The normalized spacial score (nSPS) is 18.8. The first-order chi connectivity index (χ1) is 18.8. The molecule has 0 spiro atoms. The Balaban J connectivity index is 1.49. The fourth-order valence-corrected chi connectivity index (χ4v) is 6.92. The van der Waals surface area contributed by atoms with Gasteiger partial charge in [0.05, 0.1) is 4.90 Å². The number of hydrogen-bond acceptors (Lipinski definition) is 7. The summed E-state index contributed by atoms with van der Waals surface area (Å²) in [5.41, 5.74) is -0.0435. The summed E-state index contributed by atoms with van der Waals surface area (Å²) in [5, 5.41) is 16.6. The smallest absolute Gasteiger partial charge is 0.408 e. The fraction of sp³-hybridized carbons (Fsp3) is 0.379. The zero-order valence-corrected chi connectivity index (χ0v) is 24.4. The van der Waals surface area contributed by atoms with Crippen molar-refractivity contribution in [1.29, 1.82) is 0 Å². The van der Waals surface area contributed by atoms with Gasteiger partial charge in [-0.05, 0) is 67.8 Å². The maximum atomic E-state index is 13.6. The van der Waals surface area contributed by atoms with Gasteiger partial charge in [0.2, 0.25) is 15.9 Å². The number of carbonyl (C=O) groups excluding carboxylic acids is 2. The monoisotopic (exact) mass is 585 g/mol. The van der Waals surface area contributed by atoms with Crippen molar-refractivity contribution in [3.8, 4) is 5.75 Å². The lowest BCUT2D eigenvalue weighted by atomic mass is 10.0. The lowest BCUT2D eigenvalue weighted by Crippen LogP contribution is -2.52. The molecule has 214 valence electrons. The van der Waals surface area contributed by atoms with Crippen molar-refractivity contribution < 1.29 is 27.9 Å². The van der Waals surface area contributed by atoms with E-state index in [0.717, 1.165) is 10.8 Å². The number of phenols is 1. The number of ether oxygens (including phenoxy) is 1. The maximum Gasteiger partial charge on any atom is 0.408 e. The Hall–Kier alpha value is -3.28. The van der Waals surface area contributed by atoms with Crippen LogP contribution in [0.25, 0.3) is 10.8 Å². The van der Waals surface area contributed by atoms with Crippen molar-refractivity contribution in [2.24, 2.45) is 0 Å². The third kappa shape index (κ3) is 7.47. The third-order valence-electron chi connectivity index (χ3n) is 6.57. The number of hydrogen-bond donors (Lipinski definition) is 4. The fourth-order valence-electron chi connectivity index (χ4n) is 4.67. The Kier molecular flexibility index (Phi) is 8.96. The Morgan fingerprint density at radius 2 is 1.75 bits per heavy atom. The maximum absolute atomic E-state index is 13.6. The summed E-state index contributed by atoms with van der Waals surface area (Å²) < 4.78 is 34.0. The van der Waals surface area contributed by atoms with Crippen LogP contribution in [0.15, 0.2) is 71.6 Å². The Bertz CT molecular complexity index is 1470. The molecule has 1 fully saturated rings. The second-order valence-corrected chi connectivity index (χ2v) is 13.6. The molecule has 0 radical (unpaired) electrons. The minimum absolute atomic E-state index is 0.0464. The van der Waals surface area contributed by atoms with Gasteiger partial charge in [0.1, 0.15) is 17.4 Å². The molecule has 0 aromatic heterocycles. The van der Waals surface area contributed by atoms with E-state index in [1.54, 1.807) is 51.1 Å². The van der Waals surface area contributed by atoms with Crippen LogP contribution >= 0.6 is 12.6 Å². The number of carbonyl (C=O) groups is 2. The molecule has 1 heterocycles. The van der Waals surface area contributed by atoms with Crippen LogP contribution < -0.4 is 10.6 Å². The van der Waals surface area contributed by atoms with Crippen LogP contribution in [0.5, 0.6) is 5.75 Å². The quantitative estimate of drug-likeness (QED) is 0.298. The van der Waals surface area contributed by atoms with E-state index in [1.165, 1.54) is 16.4 Å². The van der Waals surface area contributed by atoms with E-state index in [9.17, 15) is 23.1 Å². The molecular weight excluding hydrogens is 550 g/mol. The number of nitrogens with one attached hydrogen (secondary N) is 2. The number of rotatable bonds is 8. The largest absolute Gasteiger partial charge is 0.508 e. The highest BCUT2D eigenvalue weighted by Gasteiger charge is 2.39. The van der Waals surface area contributed by atoms with Crippen molar-refractivity contribution in [3.05, 3.63) is 72.3 Å². The average Bonchev–Trinajstić information content (AvgIpc) is 3.28. The van der Waals surface area contributed by atoms with Crippen LogP contribution in [0.4, 0.5) is 4.79 Å². The van der Waals surface area contributed by atoms with Crippen molar-refractivity contribution in [2.45, 2.75) is 61.4 Å². The summed E-state index contributed by atoms with van der Waals surface area (Å²) in [6.45, 7) is 5.43. The predicted octanol–water partition coefficient (Wildman–Crippen LogP) is 3.86. The summed E-state index contributed by atoms with van der Waals surface area (Å²) in [6.07, 6.45) is -0.147. The van der Waals surface area contributed by atoms with Gasteiger partial charge in [-0.3, -0.25) is 4.79 Å². The van der Waals surface area contributed by atoms with E-state index >= 15 is 0 Å². The molecule has 3 aromatic rings. The van der Waals surface area contributed by atoms with Gasteiger partial charge in [0.15, 0.2) is 0 Å². The van der Waals surface area contributed by atoms with Gasteiger partial charge in [0.25, 0.3) is 0 Å². The average molecular weight is 586 g/mol. The van der Waals surface area contributed by atoms with Crippen molar-refractivity contribution in [1.82, 2.24) is 14.9 Å². The summed E-state index contributed by atoms with van der Waals surface area (Å²) in [7, 11) is -3.85. The molecule has 0 bridgehead atoms. The van der Waals surface area contributed by atoms with Crippen LogP contribution in [-0.2, 0) is 26.0 Å². The summed E-state index contributed by atoms with van der Waals surface area (Å²) >= 11 is 4.55. The molecule has 0 unspecified atom stereocenters. The number of phenolic OH excluding ortho intramolecular Hbond substituents is 1. The number of nitrogens with zero attached hydrogens (tertiary/aromatic N) is 1. The molecule has 3 N–H and O–H groups in total. The van der Waals surface area contributed by atoms with Crippen molar-refractivity contribution >= 4 is 45.4 Å². The van der Waals surface area contributed by atoms with Crippen LogP contribution in [0, 0.1) is 0 Å². The number of sulfonamides is 1. The van der Waals surface area contributed by atoms with Gasteiger partial charge in [-0.1, -0.05) is 42.5 Å². The molecule has 9 nitrogen and oxygen atoms in total. The van der Waals surface area contributed by atoms with E-state index < -0.39 is 39.7 Å². The van der Waals surface area contributed by atoms with E-state index in [2.05, 4.69) is 23.3 Å². The summed E-state index contributed by atoms with van der Waals surface area (Å²) in [4.78, 5) is 26.0. The second-order valence-electron chi connectivity index (χ2n) is 10.9. The highest BCUT2D eigenvalue weighted by molar-refractivity contribution is 7.89. The molecule has 2 amide bonds. The van der Waals surface area contributed by atoms with E-state index in [4.69, 9.17) is 4.74 Å². The number of thiol groups is 1. The van der Waals surface area contributed by atoms with Crippen LogP contribution in [0.3, 0.4) is 0 Å². The molecular formula is C29H35N3O6S2. The molecule has 1 saturated heterocycles. The number of alkyl carbamates (subject to hydrolysis) is 1. The molecule has 3 atom stereocenters. The highest BCUT2D eigenvalue weighted by atomic mass is 32.2. The zero-order chi connectivity index (χ0) is 29.1. The van der Waals surface area contributed by atoms with Crippen LogP contribution in [-0.4, -0.2) is 65.9 Å². The van der Waals surface area contributed by atoms with Gasteiger partial charge >= 0.3 is 6.09 Å². The van der Waals surface area contributed by atoms with E-state index in [-0.39, 0.29) is 35.4 Å². The molecule has 3 aromatic carbocycles. The first-order valence-electron chi connectivity index (χ1n) is 13.1. The molecule has 1 aliphatic heterocycles.